The molecule has 2 aromatic heterocycles. The maximum Gasteiger partial charge on any atom is 0.462 e. The lowest BCUT2D eigenvalue weighted by molar-refractivity contribution is -0.579. The quantitative estimate of drug-likeness (QED) is 0.692. The molecule has 0 aliphatic heterocycles. The highest BCUT2D eigenvalue weighted by Gasteiger charge is 2.17. The van der Waals surface area contributed by atoms with E-state index in [4.69, 9.17) is 10.5 Å². The third kappa shape index (κ3) is 1.83. The lowest BCUT2D eigenvalue weighted by Crippen LogP contribution is -2.25. The summed E-state index contributed by atoms with van der Waals surface area (Å²) in [5, 5.41) is 2.85. The lowest BCUT2D eigenvalue weighted by atomic mass is 10.3. The minimum Gasteiger partial charge on any atom is -0.463 e. The van der Waals surface area contributed by atoms with Gasteiger partial charge in [0.25, 0.3) is 5.88 Å². The van der Waals surface area contributed by atoms with E-state index in [1.54, 1.807) is 4.52 Å². The smallest absolute Gasteiger partial charge is 0.462 e. The molecule has 2 heterocycles. The largest absolute Gasteiger partial charge is 0.463 e. The van der Waals surface area contributed by atoms with Crippen LogP contribution < -0.4 is 15.0 Å². The lowest BCUT2D eigenvalue weighted by Gasteiger charge is -2.06. The van der Waals surface area contributed by atoms with Gasteiger partial charge >= 0.3 is 11.7 Å². The molecule has 0 saturated heterocycles. The second-order valence-electron chi connectivity index (χ2n) is 3.67. The summed E-state index contributed by atoms with van der Waals surface area (Å²) in [4.78, 5) is 8.27. The van der Waals surface area contributed by atoms with Crippen LogP contribution in [-0.2, 0) is 0 Å². The van der Waals surface area contributed by atoms with Crippen LogP contribution in [0.4, 0.5) is 5.95 Å². The van der Waals surface area contributed by atoms with Gasteiger partial charge in [-0.15, -0.1) is 4.52 Å². The zero-order chi connectivity index (χ0) is 11.0. The highest BCUT2D eigenvalue weighted by molar-refractivity contribution is 5.31. The standard InChI is InChI=1S/C9H13N5O/c1-5(2)15-7-6(3)4-14-9(11-7)12-8(10)13-14/h4-5H,1-3H3,(H2,10,13)/p+1. The molecular weight excluding hydrogens is 194 g/mol. The van der Waals surface area contributed by atoms with Gasteiger partial charge < -0.3 is 10.5 Å². The van der Waals surface area contributed by atoms with Gasteiger partial charge in [-0.1, -0.05) is 0 Å². The highest BCUT2D eigenvalue weighted by atomic mass is 16.5. The predicted octanol–water partition coefficient (Wildman–Crippen LogP) is 0.221. The molecule has 0 amide bonds. The maximum atomic E-state index is 5.54. The number of anilines is 1. The Kier molecular flexibility index (Phi) is 2.18. The van der Waals surface area contributed by atoms with Gasteiger partial charge in [0, 0.05) is 0 Å². The van der Waals surface area contributed by atoms with Crippen molar-refractivity contribution in [1.29, 1.82) is 0 Å². The number of aromatic nitrogens is 4. The number of nitrogens with two attached hydrogens (primary N) is 1. The molecule has 3 N–H and O–H groups in total. The van der Waals surface area contributed by atoms with Gasteiger partial charge in [-0.3, -0.25) is 0 Å². The number of aryl methyl sites for hydroxylation is 1. The van der Waals surface area contributed by atoms with E-state index < -0.39 is 0 Å². The molecular formula is C9H14N5O+. The average molecular weight is 208 g/mol. The van der Waals surface area contributed by atoms with E-state index in [-0.39, 0.29) is 6.10 Å². The van der Waals surface area contributed by atoms with E-state index in [1.807, 2.05) is 27.0 Å². The SMILES string of the molecule is Cc1c[n+]2[nH]c(N)nc2nc1OC(C)C. The zero-order valence-corrected chi connectivity index (χ0v) is 8.98. The number of aromatic amines is 1. The summed E-state index contributed by atoms with van der Waals surface area (Å²) in [6.07, 6.45) is 1.94. The minimum atomic E-state index is 0.0925. The number of nitrogens with one attached hydrogen (secondary N) is 1. The predicted molar refractivity (Wildman–Crippen MR) is 54.5 cm³/mol. The fraction of sp³-hybridized carbons (Fsp3) is 0.444. The van der Waals surface area contributed by atoms with Gasteiger partial charge in [0.2, 0.25) is 0 Å². The van der Waals surface area contributed by atoms with E-state index in [0.29, 0.717) is 17.6 Å². The van der Waals surface area contributed by atoms with Crippen LogP contribution in [0.25, 0.3) is 5.78 Å². The van der Waals surface area contributed by atoms with Crippen molar-refractivity contribution in [1.82, 2.24) is 15.1 Å². The van der Waals surface area contributed by atoms with Gasteiger partial charge in [0.15, 0.2) is 0 Å². The highest BCUT2D eigenvalue weighted by Crippen LogP contribution is 2.13. The molecule has 80 valence electrons. The van der Waals surface area contributed by atoms with Crippen LogP contribution >= 0.6 is 0 Å². The molecule has 0 aliphatic carbocycles. The molecule has 15 heavy (non-hydrogen) atoms. The molecule has 6 heteroatoms. The van der Waals surface area contributed by atoms with E-state index in [2.05, 4.69) is 15.1 Å². The van der Waals surface area contributed by atoms with Crippen LogP contribution in [0.2, 0.25) is 0 Å². The van der Waals surface area contributed by atoms with Crippen LogP contribution in [0, 0.1) is 6.92 Å². The second kappa shape index (κ2) is 3.38. The van der Waals surface area contributed by atoms with Crippen molar-refractivity contribution in [2.75, 3.05) is 5.73 Å². The van der Waals surface area contributed by atoms with Crippen LogP contribution in [0.1, 0.15) is 19.4 Å². The summed E-state index contributed by atoms with van der Waals surface area (Å²) in [6, 6.07) is 0. The Morgan fingerprint density at radius 1 is 1.47 bits per heavy atom. The van der Waals surface area contributed by atoms with E-state index in [0.717, 1.165) is 5.56 Å². The third-order valence-electron chi connectivity index (χ3n) is 1.88. The number of ether oxygens (including phenoxy) is 1. The van der Waals surface area contributed by atoms with Crippen molar-refractivity contribution in [2.24, 2.45) is 0 Å². The van der Waals surface area contributed by atoms with Crippen LogP contribution in [0.3, 0.4) is 0 Å². The molecule has 0 unspecified atom stereocenters. The molecule has 6 nitrogen and oxygen atoms in total. The Labute approximate surface area is 87.1 Å². The van der Waals surface area contributed by atoms with Crippen molar-refractivity contribution in [3.63, 3.8) is 0 Å². The Hall–Kier alpha value is -1.85. The first-order chi connectivity index (χ1) is 7.06. The molecule has 2 aromatic rings. The maximum absolute atomic E-state index is 5.54. The summed E-state index contributed by atoms with van der Waals surface area (Å²) in [7, 11) is 0. The van der Waals surface area contributed by atoms with E-state index in [9.17, 15) is 0 Å². The first-order valence-electron chi connectivity index (χ1n) is 4.77. The number of hydrogen-bond acceptors (Lipinski definition) is 4. The monoisotopic (exact) mass is 208 g/mol. The summed E-state index contributed by atoms with van der Waals surface area (Å²) >= 11 is 0. The van der Waals surface area contributed by atoms with Crippen molar-refractivity contribution in [3.8, 4) is 5.88 Å². The van der Waals surface area contributed by atoms with Crippen LogP contribution in [0.5, 0.6) is 5.88 Å². The second-order valence-corrected chi connectivity index (χ2v) is 3.67. The Bertz CT molecular complexity index is 490. The molecule has 0 aromatic carbocycles. The number of H-pyrrole nitrogens is 1. The average Bonchev–Trinajstić information content (AvgIpc) is 2.44. The van der Waals surface area contributed by atoms with Gasteiger partial charge in [0.1, 0.15) is 6.20 Å². The molecule has 0 radical (unpaired) electrons. The number of rotatable bonds is 2. The normalized spacial score (nSPS) is 11.2. The Morgan fingerprint density at radius 3 is 2.87 bits per heavy atom. The molecule has 0 atom stereocenters. The topological polar surface area (TPSA) is 80.9 Å². The van der Waals surface area contributed by atoms with Gasteiger partial charge in [-0.25, -0.2) is 0 Å². The number of nitrogen functional groups attached to an aromatic ring is 1. The zero-order valence-electron chi connectivity index (χ0n) is 8.98. The van der Waals surface area contributed by atoms with Crippen molar-refractivity contribution in [2.45, 2.75) is 26.9 Å². The van der Waals surface area contributed by atoms with Gasteiger partial charge in [-0.2, -0.15) is 5.10 Å². The minimum absolute atomic E-state index is 0.0925. The number of hydrogen-bond donors (Lipinski definition) is 2. The van der Waals surface area contributed by atoms with E-state index in [1.165, 1.54) is 0 Å². The van der Waals surface area contributed by atoms with Crippen molar-refractivity contribution < 1.29 is 9.25 Å². The van der Waals surface area contributed by atoms with Crippen LogP contribution in [-0.4, -0.2) is 21.2 Å². The Morgan fingerprint density at radius 2 is 2.20 bits per heavy atom. The summed E-state index contributed by atoms with van der Waals surface area (Å²) < 4.78 is 7.21. The molecule has 0 spiro atoms. The fourth-order valence-corrected chi connectivity index (χ4v) is 1.30. The molecule has 0 aliphatic rings. The summed E-state index contributed by atoms with van der Waals surface area (Å²) in [6.45, 7) is 5.84. The number of fused-ring (bicyclic) bond motifs is 1. The first-order valence-corrected chi connectivity index (χ1v) is 4.77. The summed E-state index contributed by atoms with van der Waals surface area (Å²) in [5.74, 6) is 1.44. The number of nitrogens with zero attached hydrogens (tertiary/aromatic N) is 3. The summed E-state index contributed by atoms with van der Waals surface area (Å²) in [5.41, 5.74) is 6.46. The first kappa shape index (κ1) is 9.70. The molecule has 0 saturated carbocycles. The van der Waals surface area contributed by atoms with Crippen molar-refractivity contribution in [3.05, 3.63) is 11.8 Å². The van der Waals surface area contributed by atoms with Crippen LogP contribution in [0.15, 0.2) is 6.20 Å². The molecule has 0 bridgehead atoms. The van der Waals surface area contributed by atoms with Crippen molar-refractivity contribution >= 4 is 11.7 Å². The molecule has 2 rings (SSSR count). The van der Waals surface area contributed by atoms with E-state index >= 15 is 0 Å². The van der Waals surface area contributed by atoms with Gasteiger partial charge in [0.05, 0.1) is 11.7 Å². The fourth-order valence-electron chi connectivity index (χ4n) is 1.30. The molecule has 0 fully saturated rings. The third-order valence-corrected chi connectivity index (χ3v) is 1.88. The Balaban J connectivity index is 2.51. The van der Waals surface area contributed by atoms with Gasteiger partial charge in [-0.05, 0) is 30.7 Å².